The molecular formula is C19H12Cl3N2O4PS. The SMILES string of the molecule is O=Cc1cn(-c2ccc(C(=O)O)cc2)nc1-c1csc2ccccc12.O=P(Cl)(Cl)Cl. The van der Waals surface area contributed by atoms with Gasteiger partial charge in [0, 0.05) is 27.2 Å². The quantitative estimate of drug-likeness (QED) is 0.238. The van der Waals surface area contributed by atoms with Crippen molar-refractivity contribution < 1.29 is 19.3 Å². The molecule has 0 bridgehead atoms. The number of carbonyl (C=O) groups excluding carboxylic acids is 1. The number of aromatic nitrogens is 2. The zero-order valence-corrected chi connectivity index (χ0v) is 18.9. The summed E-state index contributed by atoms with van der Waals surface area (Å²) < 4.78 is 12.2. The molecule has 4 rings (SSSR count). The van der Waals surface area contributed by atoms with E-state index in [0.29, 0.717) is 16.9 Å². The highest BCUT2D eigenvalue weighted by molar-refractivity contribution is 8.24. The van der Waals surface area contributed by atoms with Crippen molar-refractivity contribution in [3.63, 3.8) is 0 Å². The molecule has 0 aliphatic carbocycles. The van der Waals surface area contributed by atoms with E-state index >= 15 is 0 Å². The number of aromatic carboxylic acids is 1. The third-order valence-electron chi connectivity index (χ3n) is 3.98. The van der Waals surface area contributed by atoms with Gasteiger partial charge in [0.25, 0.3) is 0 Å². The Labute approximate surface area is 189 Å². The zero-order chi connectivity index (χ0) is 21.9. The third-order valence-corrected chi connectivity index (χ3v) is 4.95. The van der Waals surface area contributed by atoms with Crippen LogP contribution in [0.4, 0.5) is 0 Å². The minimum atomic E-state index is -3.22. The molecule has 2 aromatic carbocycles. The van der Waals surface area contributed by atoms with Gasteiger partial charge in [0.05, 0.1) is 16.8 Å². The van der Waals surface area contributed by atoms with E-state index in [1.807, 2.05) is 29.6 Å². The molecule has 0 spiro atoms. The lowest BCUT2D eigenvalue weighted by Crippen LogP contribution is -1.98. The van der Waals surface area contributed by atoms with Gasteiger partial charge in [0.2, 0.25) is 0 Å². The number of carboxylic acid groups (broad SMARTS) is 1. The van der Waals surface area contributed by atoms with Crippen LogP contribution in [0.2, 0.25) is 0 Å². The van der Waals surface area contributed by atoms with Crippen LogP contribution in [0, 0.1) is 0 Å². The first kappa shape index (κ1) is 22.5. The molecule has 0 atom stereocenters. The summed E-state index contributed by atoms with van der Waals surface area (Å²) in [6, 6.07) is 14.3. The number of halogens is 3. The molecule has 0 unspecified atom stereocenters. The van der Waals surface area contributed by atoms with E-state index in [1.54, 1.807) is 34.3 Å². The molecular weight excluding hydrogens is 490 g/mol. The van der Waals surface area contributed by atoms with Gasteiger partial charge in [-0.1, -0.05) is 18.2 Å². The fourth-order valence-electron chi connectivity index (χ4n) is 2.73. The first-order valence-corrected chi connectivity index (χ1v) is 13.5. The Morgan fingerprint density at radius 2 is 1.73 bits per heavy atom. The van der Waals surface area contributed by atoms with E-state index < -0.39 is 11.2 Å². The van der Waals surface area contributed by atoms with Crippen LogP contribution in [0.3, 0.4) is 0 Å². The van der Waals surface area contributed by atoms with Gasteiger partial charge in [-0.25, -0.2) is 9.48 Å². The Hall–Kier alpha value is -2.15. The fraction of sp³-hybridized carbons (Fsp3) is 0. The monoisotopic (exact) mass is 500 g/mol. The normalized spacial score (nSPS) is 11.0. The smallest absolute Gasteiger partial charge is 0.339 e. The molecule has 1 N–H and O–H groups in total. The van der Waals surface area contributed by atoms with Gasteiger partial charge < -0.3 is 5.11 Å². The van der Waals surface area contributed by atoms with Crippen LogP contribution in [0.1, 0.15) is 20.7 Å². The molecule has 4 aromatic rings. The molecule has 2 aromatic heterocycles. The topological polar surface area (TPSA) is 89.3 Å². The molecule has 30 heavy (non-hydrogen) atoms. The number of hydrogen-bond acceptors (Lipinski definition) is 5. The molecule has 2 heterocycles. The highest BCUT2D eigenvalue weighted by Gasteiger charge is 2.15. The molecule has 6 nitrogen and oxygen atoms in total. The maximum atomic E-state index is 11.5. The van der Waals surface area contributed by atoms with Crippen LogP contribution in [0.5, 0.6) is 0 Å². The van der Waals surface area contributed by atoms with E-state index in [2.05, 4.69) is 38.8 Å². The van der Waals surface area contributed by atoms with Crippen molar-refractivity contribution in [2.75, 3.05) is 0 Å². The summed E-state index contributed by atoms with van der Waals surface area (Å²) in [6.07, 6.45) is 2.45. The Bertz CT molecular complexity index is 1260. The molecule has 0 fully saturated rings. The maximum Gasteiger partial charge on any atom is 0.339 e. The number of aldehydes is 1. The van der Waals surface area contributed by atoms with Crippen LogP contribution in [-0.2, 0) is 4.57 Å². The number of fused-ring (bicyclic) bond motifs is 1. The summed E-state index contributed by atoms with van der Waals surface area (Å²) >= 11 is 15.5. The Kier molecular flexibility index (Phi) is 7.01. The largest absolute Gasteiger partial charge is 0.478 e. The van der Waals surface area contributed by atoms with Crippen LogP contribution >= 0.6 is 50.3 Å². The van der Waals surface area contributed by atoms with Crippen molar-refractivity contribution in [2.45, 2.75) is 0 Å². The highest BCUT2D eigenvalue weighted by atomic mass is 36.0. The average Bonchev–Trinajstić information content (AvgIpc) is 3.30. The number of carbonyl (C=O) groups is 2. The predicted molar refractivity (Wildman–Crippen MR) is 122 cm³/mol. The summed E-state index contributed by atoms with van der Waals surface area (Å²) in [7, 11) is 0. The lowest BCUT2D eigenvalue weighted by molar-refractivity contribution is 0.0696. The lowest BCUT2D eigenvalue weighted by atomic mass is 10.1. The Morgan fingerprint density at radius 3 is 2.33 bits per heavy atom. The van der Waals surface area contributed by atoms with Crippen LogP contribution in [0.15, 0.2) is 60.1 Å². The first-order valence-electron chi connectivity index (χ1n) is 8.21. The van der Waals surface area contributed by atoms with Gasteiger partial charge in [0.1, 0.15) is 5.69 Å². The van der Waals surface area contributed by atoms with Crippen molar-refractivity contribution in [3.05, 3.63) is 71.2 Å². The zero-order valence-electron chi connectivity index (χ0n) is 14.9. The van der Waals surface area contributed by atoms with Gasteiger partial charge in [-0.2, -0.15) is 5.10 Å². The van der Waals surface area contributed by atoms with Crippen molar-refractivity contribution in [1.29, 1.82) is 0 Å². The molecule has 154 valence electrons. The number of nitrogens with zero attached hydrogens (tertiary/aromatic N) is 2. The maximum absolute atomic E-state index is 11.5. The second kappa shape index (κ2) is 9.33. The Morgan fingerprint density at radius 1 is 1.10 bits per heavy atom. The molecule has 0 aliphatic rings. The Balaban J connectivity index is 0.000000461. The van der Waals surface area contributed by atoms with E-state index in [-0.39, 0.29) is 5.56 Å². The van der Waals surface area contributed by atoms with Gasteiger partial charge in [-0.15, -0.1) is 11.3 Å². The number of thiophene rings is 1. The summed E-state index contributed by atoms with van der Waals surface area (Å²) in [5, 5.41) is 13.4. The number of hydrogen-bond donors (Lipinski definition) is 1. The summed E-state index contributed by atoms with van der Waals surface area (Å²) in [4.78, 5) is 22.5. The van der Waals surface area contributed by atoms with Gasteiger partial charge in [0.15, 0.2) is 6.29 Å². The highest BCUT2D eigenvalue weighted by Crippen LogP contribution is 2.61. The van der Waals surface area contributed by atoms with E-state index in [9.17, 15) is 14.2 Å². The molecule has 0 radical (unpaired) electrons. The molecule has 0 saturated heterocycles. The molecule has 0 saturated carbocycles. The summed E-state index contributed by atoms with van der Waals surface area (Å²) in [6.45, 7) is 0. The van der Waals surface area contributed by atoms with Gasteiger partial charge >= 0.3 is 11.2 Å². The van der Waals surface area contributed by atoms with Crippen molar-refractivity contribution in [3.8, 4) is 16.9 Å². The van der Waals surface area contributed by atoms with Crippen molar-refractivity contribution in [1.82, 2.24) is 9.78 Å². The molecule has 0 aliphatic heterocycles. The van der Waals surface area contributed by atoms with Gasteiger partial charge in [-0.3, -0.25) is 9.36 Å². The van der Waals surface area contributed by atoms with Crippen molar-refractivity contribution in [2.24, 2.45) is 0 Å². The molecule has 0 amide bonds. The summed E-state index contributed by atoms with van der Waals surface area (Å²) in [5.41, 5.74) is 2.93. The second-order valence-electron chi connectivity index (χ2n) is 5.89. The average molecular weight is 502 g/mol. The van der Waals surface area contributed by atoms with Crippen LogP contribution in [-0.4, -0.2) is 27.1 Å². The number of carboxylic acids is 1. The number of rotatable bonds is 4. The fourth-order valence-corrected chi connectivity index (χ4v) is 3.68. The first-order chi connectivity index (χ1) is 14.2. The van der Waals surface area contributed by atoms with E-state index in [1.165, 1.54) is 12.1 Å². The lowest BCUT2D eigenvalue weighted by Gasteiger charge is -2.01. The van der Waals surface area contributed by atoms with Gasteiger partial charge in [-0.05, 0) is 64.1 Å². The van der Waals surface area contributed by atoms with Crippen molar-refractivity contribution >= 4 is 72.6 Å². The van der Waals surface area contributed by atoms with E-state index in [0.717, 1.165) is 21.9 Å². The minimum Gasteiger partial charge on any atom is -0.478 e. The molecule has 11 heteroatoms. The standard InChI is InChI=1S/C19H12N2O3S.Cl3OP/c22-10-13-9-21(14-7-5-12(6-8-14)19(23)24)20-18(13)16-11-25-17-4-2-1-3-15(16)17;1-5(2,3)4/h1-11H,(H,23,24);. The third kappa shape index (κ3) is 5.50. The second-order valence-corrected chi connectivity index (χ2v) is 13.4. The van der Waals surface area contributed by atoms with E-state index in [4.69, 9.17) is 5.11 Å². The van der Waals surface area contributed by atoms with Crippen LogP contribution < -0.4 is 0 Å². The minimum absolute atomic E-state index is 0.204. The number of benzene rings is 2. The summed E-state index contributed by atoms with van der Waals surface area (Å²) in [5.74, 6) is -0.981. The van der Waals surface area contributed by atoms with Crippen LogP contribution in [0.25, 0.3) is 27.0 Å². The predicted octanol–water partition coefficient (Wildman–Crippen LogP) is 7.08.